The number of carbonyl (C=O) groups excluding carboxylic acids is 3. The lowest BCUT2D eigenvalue weighted by Crippen LogP contribution is -2.58. The lowest BCUT2D eigenvalue weighted by atomic mass is 9.85. The molecule has 0 atom stereocenters. The highest BCUT2D eigenvalue weighted by Crippen LogP contribution is 2.39. The van der Waals surface area contributed by atoms with Crippen LogP contribution >= 0.6 is 11.6 Å². The molecule has 0 saturated carbocycles. The van der Waals surface area contributed by atoms with Crippen molar-refractivity contribution in [2.24, 2.45) is 0 Å². The number of benzene rings is 3. The third kappa shape index (κ3) is 5.43. The average Bonchev–Trinajstić information content (AvgIpc) is 3.18. The van der Waals surface area contributed by atoms with Crippen molar-refractivity contribution in [3.63, 3.8) is 0 Å². The smallest absolute Gasteiger partial charge is 0.321 e. The number of likely N-dealkylation sites (tertiary alicyclic amines) is 1. The number of aryl methyl sites for hydroxylation is 1. The van der Waals surface area contributed by atoms with Crippen molar-refractivity contribution in [2.45, 2.75) is 32.2 Å². The molecule has 0 radical (unpaired) electrons. The molecule has 0 aromatic heterocycles. The number of rotatable bonds is 5. The van der Waals surface area contributed by atoms with Crippen LogP contribution in [0.25, 0.3) is 0 Å². The van der Waals surface area contributed by atoms with Gasteiger partial charge in [-0.1, -0.05) is 48.0 Å². The van der Waals surface area contributed by atoms with Gasteiger partial charge in [-0.3, -0.25) is 9.59 Å². The summed E-state index contributed by atoms with van der Waals surface area (Å²) in [5.74, 6) is -0.386. The Morgan fingerprint density at radius 3 is 2.36 bits per heavy atom. The SMILES string of the molecule is Cc1cccc(NC(=O)N2CCC3(CC2)C(=O)N(CC(=O)Nc2cccc(Cl)c2)CN3c2ccccc2)c1C. The lowest BCUT2D eigenvalue weighted by Gasteiger charge is -2.43. The van der Waals surface area contributed by atoms with Gasteiger partial charge in [0.15, 0.2) is 0 Å². The van der Waals surface area contributed by atoms with Crippen LogP contribution in [0.15, 0.2) is 72.8 Å². The first-order valence-electron chi connectivity index (χ1n) is 13.1. The molecular formula is C30H32ClN5O3. The molecule has 3 aromatic carbocycles. The molecule has 202 valence electrons. The summed E-state index contributed by atoms with van der Waals surface area (Å²) < 4.78 is 0. The normalized spacial score (nSPS) is 16.5. The highest BCUT2D eigenvalue weighted by molar-refractivity contribution is 6.30. The largest absolute Gasteiger partial charge is 0.339 e. The van der Waals surface area contributed by atoms with Crippen molar-refractivity contribution in [3.05, 3.63) is 88.9 Å². The Kier molecular flexibility index (Phi) is 7.48. The standard InChI is InChI=1S/C30H32ClN5O3/c1-21-8-6-13-26(22(21)2)33-29(39)34-16-14-30(15-17-34)28(38)35(20-36(30)25-11-4-3-5-12-25)19-27(37)32-24-10-7-9-23(31)18-24/h3-13,18H,14-17,19-20H2,1-2H3,(H,32,37)(H,33,39). The summed E-state index contributed by atoms with van der Waals surface area (Å²) in [5.41, 5.74) is 3.61. The summed E-state index contributed by atoms with van der Waals surface area (Å²) in [5, 5.41) is 6.39. The van der Waals surface area contributed by atoms with E-state index in [2.05, 4.69) is 15.5 Å². The zero-order chi connectivity index (χ0) is 27.6. The molecule has 2 N–H and O–H groups in total. The number of piperidine rings is 1. The molecule has 3 aromatic rings. The van der Waals surface area contributed by atoms with Crippen molar-refractivity contribution in [1.82, 2.24) is 9.80 Å². The molecule has 2 aliphatic rings. The molecule has 2 saturated heterocycles. The van der Waals surface area contributed by atoms with E-state index in [4.69, 9.17) is 11.6 Å². The van der Waals surface area contributed by atoms with Crippen molar-refractivity contribution in [3.8, 4) is 0 Å². The van der Waals surface area contributed by atoms with E-state index in [1.54, 1.807) is 34.1 Å². The molecule has 2 heterocycles. The number of hydrogen-bond acceptors (Lipinski definition) is 4. The van der Waals surface area contributed by atoms with Gasteiger partial charge in [0.25, 0.3) is 5.91 Å². The fraction of sp³-hybridized carbons (Fsp3) is 0.300. The minimum atomic E-state index is -0.826. The molecule has 0 unspecified atom stereocenters. The Balaban J connectivity index is 1.31. The minimum absolute atomic E-state index is 0.0761. The maximum absolute atomic E-state index is 13.9. The highest BCUT2D eigenvalue weighted by Gasteiger charge is 2.54. The predicted molar refractivity (Wildman–Crippen MR) is 154 cm³/mol. The fourth-order valence-corrected chi connectivity index (χ4v) is 5.61. The fourth-order valence-electron chi connectivity index (χ4n) is 5.42. The third-order valence-corrected chi connectivity index (χ3v) is 7.98. The van der Waals surface area contributed by atoms with E-state index < -0.39 is 5.54 Å². The van der Waals surface area contributed by atoms with Crippen molar-refractivity contribution in [1.29, 1.82) is 0 Å². The van der Waals surface area contributed by atoms with Gasteiger partial charge >= 0.3 is 6.03 Å². The Hall–Kier alpha value is -4.04. The van der Waals surface area contributed by atoms with Crippen LogP contribution in [-0.4, -0.2) is 59.5 Å². The van der Waals surface area contributed by atoms with Crippen LogP contribution in [-0.2, 0) is 9.59 Å². The molecule has 1 spiro atoms. The first kappa shape index (κ1) is 26.6. The first-order chi connectivity index (χ1) is 18.8. The lowest BCUT2D eigenvalue weighted by molar-refractivity contribution is -0.136. The number of halogens is 1. The van der Waals surface area contributed by atoms with Crippen LogP contribution in [0.5, 0.6) is 0 Å². The van der Waals surface area contributed by atoms with E-state index in [-0.39, 0.29) is 24.4 Å². The monoisotopic (exact) mass is 545 g/mol. The molecule has 2 fully saturated rings. The van der Waals surface area contributed by atoms with Crippen LogP contribution < -0.4 is 15.5 Å². The Bertz CT molecular complexity index is 1390. The molecule has 5 rings (SSSR count). The Morgan fingerprint density at radius 2 is 1.64 bits per heavy atom. The summed E-state index contributed by atoms with van der Waals surface area (Å²) in [6.07, 6.45) is 0.931. The molecule has 0 bridgehead atoms. The molecule has 4 amide bonds. The van der Waals surface area contributed by atoms with E-state index in [0.717, 1.165) is 22.5 Å². The summed E-state index contributed by atoms with van der Waals surface area (Å²) in [6.45, 7) is 5.07. The van der Waals surface area contributed by atoms with Crippen LogP contribution in [0.4, 0.5) is 21.9 Å². The van der Waals surface area contributed by atoms with Gasteiger partial charge < -0.3 is 25.3 Å². The molecule has 0 aliphatic carbocycles. The second-order valence-electron chi connectivity index (χ2n) is 10.2. The van der Waals surface area contributed by atoms with Gasteiger partial charge in [0.05, 0.1) is 6.67 Å². The second kappa shape index (κ2) is 11.0. The molecule has 9 heteroatoms. The quantitative estimate of drug-likeness (QED) is 0.457. The first-order valence-corrected chi connectivity index (χ1v) is 13.4. The van der Waals surface area contributed by atoms with Crippen LogP contribution in [0.1, 0.15) is 24.0 Å². The van der Waals surface area contributed by atoms with Crippen molar-refractivity contribution in [2.75, 3.05) is 41.8 Å². The summed E-state index contributed by atoms with van der Waals surface area (Å²) in [6, 6.07) is 22.3. The van der Waals surface area contributed by atoms with Gasteiger partial charge in [0, 0.05) is 35.2 Å². The number of anilines is 3. The zero-order valence-corrected chi connectivity index (χ0v) is 22.9. The van der Waals surface area contributed by atoms with Crippen LogP contribution in [0, 0.1) is 13.8 Å². The number of para-hydroxylation sites is 1. The number of urea groups is 1. The van der Waals surface area contributed by atoms with E-state index in [1.807, 2.05) is 62.4 Å². The number of carbonyl (C=O) groups is 3. The summed E-state index contributed by atoms with van der Waals surface area (Å²) >= 11 is 6.05. The van der Waals surface area contributed by atoms with Gasteiger partial charge in [0.2, 0.25) is 5.91 Å². The van der Waals surface area contributed by atoms with E-state index in [0.29, 0.717) is 43.3 Å². The van der Waals surface area contributed by atoms with E-state index in [1.165, 1.54) is 0 Å². The molecule has 2 aliphatic heterocycles. The van der Waals surface area contributed by atoms with Crippen molar-refractivity contribution < 1.29 is 14.4 Å². The zero-order valence-electron chi connectivity index (χ0n) is 22.1. The molecule has 8 nitrogen and oxygen atoms in total. The average molecular weight is 546 g/mol. The summed E-state index contributed by atoms with van der Waals surface area (Å²) in [7, 11) is 0. The maximum Gasteiger partial charge on any atom is 0.321 e. The van der Waals surface area contributed by atoms with Crippen LogP contribution in [0.2, 0.25) is 5.02 Å². The Morgan fingerprint density at radius 1 is 0.923 bits per heavy atom. The summed E-state index contributed by atoms with van der Waals surface area (Å²) in [4.78, 5) is 45.4. The number of hydrogen-bond donors (Lipinski definition) is 2. The van der Waals surface area contributed by atoms with Gasteiger partial charge in [-0.2, -0.15) is 0 Å². The predicted octanol–water partition coefficient (Wildman–Crippen LogP) is 5.27. The van der Waals surface area contributed by atoms with E-state index >= 15 is 0 Å². The number of nitrogens with one attached hydrogen (secondary N) is 2. The van der Waals surface area contributed by atoms with Gasteiger partial charge in [-0.05, 0) is 74.2 Å². The second-order valence-corrected chi connectivity index (χ2v) is 10.6. The third-order valence-electron chi connectivity index (χ3n) is 7.75. The van der Waals surface area contributed by atoms with Crippen molar-refractivity contribution >= 4 is 46.5 Å². The molecule has 39 heavy (non-hydrogen) atoms. The topological polar surface area (TPSA) is 85.0 Å². The highest BCUT2D eigenvalue weighted by atomic mass is 35.5. The maximum atomic E-state index is 13.9. The Labute approximate surface area is 233 Å². The number of amides is 4. The van der Waals surface area contributed by atoms with Crippen LogP contribution in [0.3, 0.4) is 0 Å². The number of nitrogens with zero attached hydrogens (tertiary/aromatic N) is 3. The van der Waals surface area contributed by atoms with Gasteiger partial charge in [0.1, 0.15) is 12.1 Å². The van der Waals surface area contributed by atoms with E-state index in [9.17, 15) is 14.4 Å². The minimum Gasteiger partial charge on any atom is -0.339 e. The van der Waals surface area contributed by atoms with Gasteiger partial charge in [-0.25, -0.2) is 4.79 Å². The van der Waals surface area contributed by atoms with Gasteiger partial charge in [-0.15, -0.1) is 0 Å². The molecular weight excluding hydrogens is 514 g/mol.